The molecule has 1 aromatic carbocycles. The Bertz CT molecular complexity index is 977. The summed E-state index contributed by atoms with van der Waals surface area (Å²) in [6.07, 6.45) is -2.51. The molecule has 1 fully saturated rings. The highest BCUT2D eigenvalue weighted by Crippen LogP contribution is 2.30. The number of amides is 1. The summed E-state index contributed by atoms with van der Waals surface area (Å²) in [7, 11) is 0. The Labute approximate surface area is 169 Å². The number of anilines is 1. The molecule has 2 aromatic rings. The van der Waals surface area contributed by atoms with Crippen molar-refractivity contribution < 1.29 is 31.9 Å². The van der Waals surface area contributed by atoms with Crippen LogP contribution in [0.2, 0.25) is 0 Å². The first-order valence-electron chi connectivity index (χ1n) is 9.16. The molecule has 0 spiro atoms. The molecule has 3 rings (SSSR count). The largest absolute Gasteiger partial charge is 0.477 e. The van der Waals surface area contributed by atoms with Gasteiger partial charge in [-0.05, 0) is 18.2 Å². The van der Waals surface area contributed by atoms with Crippen molar-refractivity contribution >= 4 is 17.4 Å². The molecule has 1 saturated heterocycles. The van der Waals surface area contributed by atoms with Crippen LogP contribution >= 0.6 is 0 Å². The van der Waals surface area contributed by atoms with Crippen LogP contribution in [0.5, 0.6) is 5.75 Å². The lowest BCUT2D eigenvalue weighted by Gasteiger charge is -2.24. The summed E-state index contributed by atoms with van der Waals surface area (Å²) < 4.78 is 48.6. The quantitative estimate of drug-likeness (QED) is 0.767. The minimum atomic E-state index is -4.53. The zero-order valence-corrected chi connectivity index (χ0v) is 15.8. The number of Topliss-reactive ketones (excluding diaryl/α,β-unsaturated/α-hetero) is 1. The fraction of sp³-hybridized carbons (Fsp3) is 0.350. The topological polar surface area (TPSA) is 88.8 Å². The number of piperidine rings is 1. The van der Waals surface area contributed by atoms with E-state index in [1.165, 1.54) is 18.2 Å². The van der Waals surface area contributed by atoms with Crippen LogP contribution in [-0.4, -0.2) is 36.3 Å². The van der Waals surface area contributed by atoms with Gasteiger partial charge in [0.2, 0.25) is 11.2 Å². The van der Waals surface area contributed by atoms with Crippen molar-refractivity contribution in [3.63, 3.8) is 0 Å². The number of rotatable bonds is 6. The number of carbonyl (C=O) groups is 2. The standard InChI is InChI=1S/C20H19F3N2O5/c21-20(22,23)13-2-1-3-14(8-13)24-19(28)12-30-18-11-29-16(9-17(18)27)10-25-6-4-15(26)5-7-25/h1-3,8-9,11H,4-7,10,12H2,(H,24,28). The van der Waals surface area contributed by atoms with E-state index in [-0.39, 0.29) is 17.2 Å². The van der Waals surface area contributed by atoms with Crippen LogP contribution in [0.4, 0.5) is 18.9 Å². The molecule has 0 radical (unpaired) electrons. The van der Waals surface area contributed by atoms with Gasteiger partial charge in [0.1, 0.15) is 17.8 Å². The van der Waals surface area contributed by atoms with Gasteiger partial charge in [0.05, 0.1) is 12.1 Å². The Morgan fingerprint density at radius 3 is 2.57 bits per heavy atom. The Morgan fingerprint density at radius 2 is 1.90 bits per heavy atom. The summed E-state index contributed by atoms with van der Waals surface area (Å²) in [6, 6.07) is 5.42. The number of nitrogens with zero attached hydrogens (tertiary/aromatic N) is 1. The van der Waals surface area contributed by atoms with Gasteiger partial charge in [-0.25, -0.2) is 0 Å². The van der Waals surface area contributed by atoms with Crippen LogP contribution in [0.25, 0.3) is 0 Å². The van der Waals surface area contributed by atoms with Gasteiger partial charge < -0.3 is 14.5 Å². The summed E-state index contributed by atoms with van der Waals surface area (Å²) in [5, 5.41) is 2.28. The molecule has 0 bridgehead atoms. The first kappa shape index (κ1) is 21.6. The molecule has 0 unspecified atom stereocenters. The molecule has 0 aliphatic carbocycles. The van der Waals surface area contributed by atoms with Crippen molar-refractivity contribution in [1.29, 1.82) is 0 Å². The van der Waals surface area contributed by atoms with Crippen molar-refractivity contribution in [1.82, 2.24) is 4.90 Å². The molecule has 1 aliphatic heterocycles. The highest BCUT2D eigenvalue weighted by Gasteiger charge is 2.30. The highest BCUT2D eigenvalue weighted by atomic mass is 19.4. The number of carbonyl (C=O) groups excluding carboxylic acids is 2. The molecule has 1 N–H and O–H groups in total. The van der Waals surface area contributed by atoms with Crippen LogP contribution in [0.3, 0.4) is 0 Å². The van der Waals surface area contributed by atoms with Crippen LogP contribution in [0, 0.1) is 0 Å². The molecule has 10 heteroatoms. The lowest BCUT2D eigenvalue weighted by Crippen LogP contribution is -2.33. The summed E-state index contributed by atoms with van der Waals surface area (Å²) in [5.41, 5.74) is -1.42. The van der Waals surface area contributed by atoms with Crippen molar-refractivity contribution in [3.8, 4) is 5.75 Å². The van der Waals surface area contributed by atoms with Gasteiger partial charge in [0.15, 0.2) is 6.61 Å². The average molecular weight is 424 g/mol. The highest BCUT2D eigenvalue weighted by molar-refractivity contribution is 5.91. The summed E-state index contributed by atoms with van der Waals surface area (Å²) in [5.74, 6) is -0.308. The number of nitrogens with one attached hydrogen (secondary N) is 1. The number of alkyl halides is 3. The number of hydrogen-bond acceptors (Lipinski definition) is 6. The molecule has 0 saturated carbocycles. The Hall–Kier alpha value is -3.14. The first-order valence-corrected chi connectivity index (χ1v) is 9.16. The van der Waals surface area contributed by atoms with Crippen molar-refractivity contribution in [2.75, 3.05) is 25.0 Å². The van der Waals surface area contributed by atoms with Gasteiger partial charge in [-0.1, -0.05) is 6.07 Å². The van der Waals surface area contributed by atoms with E-state index in [2.05, 4.69) is 5.32 Å². The lowest BCUT2D eigenvalue weighted by molar-refractivity contribution is -0.137. The average Bonchev–Trinajstić information content (AvgIpc) is 2.69. The predicted octanol–water partition coefficient (Wildman–Crippen LogP) is 2.84. The third kappa shape index (κ3) is 5.93. The van der Waals surface area contributed by atoms with E-state index in [0.29, 0.717) is 38.2 Å². The van der Waals surface area contributed by atoms with E-state index in [1.54, 1.807) is 0 Å². The second-order valence-electron chi connectivity index (χ2n) is 6.81. The maximum Gasteiger partial charge on any atom is 0.416 e. The number of halogens is 3. The van der Waals surface area contributed by atoms with Crippen LogP contribution in [-0.2, 0) is 22.3 Å². The molecule has 1 amide bonds. The molecule has 160 valence electrons. The van der Waals surface area contributed by atoms with Gasteiger partial charge in [-0.2, -0.15) is 13.2 Å². The van der Waals surface area contributed by atoms with Gasteiger partial charge in [-0.15, -0.1) is 0 Å². The molecular weight excluding hydrogens is 405 g/mol. The lowest BCUT2D eigenvalue weighted by atomic mass is 10.1. The van der Waals surface area contributed by atoms with Crippen molar-refractivity contribution in [2.24, 2.45) is 0 Å². The minimum Gasteiger partial charge on any atom is -0.477 e. The minimum absolute atomic E-state index is 0.0409. The number of hydrogen-bond donors (Lipinski definition) is 1. The van der Waals surface area contributed by atoms with E-state index in [1.807, 2.05) is 4.90 Å². The number of ketones is 1. The first-order chi connectivity index (χ1) is 14.2. The number of ether oxygens (including phenoxy) is 1. The zero-order valence-electron chi connectivity index (χ0n) is 15.8. The summed E-state index contributed by atoms with van der Waals surface area (Å²) in [4.78, 5) is 37.3. The van der Waals surface area contributed by atoms with E-state index < -0.39 is 29.7 Å². The molecule has 0 atom stereocenters. The second-order valence-corrected chi connectivity index (χ2v) is 6.81. The Balaban J connectivity index is 1.53. The molecule has 2 heterocycles. The van der Waals surface area contributed by atoms with Gasteiger partial charge in [-0.3, -0.25) is 19.3 Å². The monoisotopic (exact) mass is 424 g/mol. The molecular formula is C20H19F3N2O5. The zero-order chi connectivity index (χ0) is 21.7. The van der Waals surface area contributed by atoms with Crippen LogP contribution < -0.4 is 15.5 Å². The van der Waals surface area contributed by atoms with Crippen LogP contribution in [0.1, 0.15) is 24.2 Å². The Kier molecular flexibility index (Phi) is 6.56. The molecule has 1 aliphatic rings. The summed E-state index contributed by atoms with van der Waals surface area (Å²) >= 11 is 0. The van der Waals surface area contributed by atoms with Crippen LogP contribution in [0.15, 0.2) is 45.8 Å². The normalized spacial score (nSPS) is 15.1. The fourth-order valence-electron chi connectivity index (χ4n) is 2.92. The second kappa shape index (κ2) is 9.12. The van der Waals surface area contributed by atoms with Gasteiger partial charge >= 0.3 is 6.18 Å². The number of benzene rings is 1. The Morgan fingerprint density at radius 1 is 1.17 bits per heavy atom. The maximum atomic E-state index is 12.7. The van der Waals surface area contributed by atoms with E-state index in [9.17, 15) is 27.6 Å². The van der Waals surface area contributed by atoms with E-state index in [4.69, 9.17) is 9.15 Å². The predicted molar refractivity (Wildman–Crippen MR) is 100 cm³/mol. The SMILES string of the molecule is O=C1CCN(Cc2cc(=O)c(OCC(=O)Nc3cccc(C(F)(F)F)c3)co2)CC1. The molecule has 7 nitrogen and oxygen atoms in total. The molecule has 30 heavy (non-hydrogen) atoms. The third-order valence-corrected chi connectivity index (χ3v) is 4.48. The number of likely N-dealkylation sites (tertiary alicyclic amines) is 1. The fourth-order valence-corrected chi connectivity index (χ4v) is 2.92. The maximum absolute atomic E-state index is 12.7. The van der Waals surface area contributed by atoms with Crippen molar-refractivity contribution in [2.45, 2.75) is 25.6 Å². The van der Waals surface area contributed by atoms with E-state index >= 15 is 0 Å². The summed E-state index contributed by atoms with van der Waals surface area (Å²) in [6.45, 7) is 0.987. The van der Waals surface area contributed by atoms with E-state index in [0.717, 1.165) is 18.4 Å². The van der Waals surface area contributed by atoms with Gasteiger partial charge in [0.25, 0.3) is 5.91 Å². The van der Waals surface area contributed by atoms with Crippen molar-refractivity contribution in [3.05, 3.63) is 58.1 Å². The smallest absolute Gasteiger partial charge is 0.416 e. The van der Waals surface area contributed by atoms with Gasteiger partial charge in [0, 0.05) is 37.7 Å². The molecule has 1 aromatic heterocycles. The third-order valence-electron chi connectivity index (χ3n) is 4.48.